The zero-order chi connectivity index (χ0) is 23.4. The van der Waals surface area contributed by atoms with E-state index in [4.69, 9.17) is 17.3 Å². The summed E-state index contributed by atoms with van der Waals surface area (Å²) in [5.41, 5.74) is 12.1. The van der Waals surface area contributed by atoms with Gasteiger partial charge in [-0.3, -0.25) is 9.78 Å². The molecule has 9 heteroatoms. The third-order valence-corrected chi connectivity index (χ3v) is 6.16. The highest BCUT2D eigenvalue weighted by molar-refractivity contribution is 6.33. The minimum Gasteiger partial charge on any atom is -0.383 e. The molecule has 4 heterocycles. The highest BCUT2D eigenvalue weighted by Crippen LogP contribution is 2.30. The number of nitrogens with two attached hydrogens (primary N) is 1. The third kappa shape index (κ3) is 3.23. The number of anilines is 1. The topological polar surface area (TPSA) is 118 Å². The van der Waals surface area contributed by atoms with Gasteiger partial charge < -0.3 is 15.7 Å². The molecule has 0 aliphatic rings. The van der Waals surface area contributed by atoms with E-state index in [1.807, 2.05) is 49.4 Å². The normalized spacial score (nSPS) is 11.5. The highest BCUT2D eigenvalue weighted by Gasteiger charge is 2.20. The Morgan fingerprint density at radius 3 is 2.76 bits per heavy atom. The number of nitrogen functional groups attached to an aromatic ring is 1. The maximum Gasteiger partial charge on any atom is 0.214 e. The number of hydrogen-bond donors (Lipinski definition) is 3. The van der Waals surface area contributed by atoms with Gasteiger partial charge >= 0.3 is 0 Å². The van der Waals surface area contributed by atoms with Crippen LogP contribution in [0.3, 0.4) is 0 Å². The molecule has 0 aliphatic carbocycles. The van der Waals surface area contributed by atoms with Gasteiger partial charge in [0.15, 0.2) is 0 Å². The first-order valence-electron chi connectivity index (χ1n) is 10.6. The zero-order valence-electron chi connectivity index (χ0n) is 18.0. The lowest BCUT2D eigenvalue weighted by Crippen LogP contribution is -2.07. The average Bonchev–Trinajstić information content (AvgIpc) is 3.53. The molecule has 0 spiro atoms. The first kappa shape index (κ1) is 20.2. The van der Waals surface area contributed by atoms with Crippen LogP contribution in [0.25, 0.3) is 38.8 Å². The Bertz CT molecular complexity index is 1730. The zero-order valence-corrected chi connectivity index (χ0v) is 18.8. The molecule has 0 saturated carbocycles. The fourth-order valence-electron chi connectivity index (χ4n) is 4.15. The van der Waals surface area contributed by atoms with Crippen LogP contribution in [0.2, 0.25) is 5.02 Å². The Morgan fingerprint density at radius 2 is 1.91 bits per heavy atom. The number of nitrogens with zero attached hydrogens (tertiary/aromatic N) is 4. The number of halogens is 1. The molecule has 8 nitrogen and oxygen atoms in total. The van der Waals surface area contributed by atoms with E-state index in [0.717, 1.165) is 44.6 Å². The van der Waals surface area contributed by atoms with Crippen molar-refractivity contribution in [3.05, 3.63) is 89.2 Å². The number of fused-ring (bicyclic) bond motifs is 2. The number of ketones is 1. The summed E-state index contributed by atoms with van der Waals surface area (Å²) in [5, 5.41) is 5.88. The molecule has 4 aromatic heterocycles. The summed E-state index contributed by atoms with van der Waals surface area (Å²) >= 11 is 6.32. The Kier molecular flexibility index (Phi) is 4.50. The van der Waals surface area contributed by atoms with Crippen molar-refractivity contribution in [1.82, 2.24) is 29.7 Å². The molecule has 166 valence electrons. The van der Waals surface area contributed by atoms with Crippen LogP contribution in [0.4, 0.5) is 5.82 Å². The Labute approximate surface area is 198 Å². The van der Waals surface area contributed by atoms with E-state index in [1.54, 1.807) is 23.1 Å². The van der Waals surface area contributed by atoms with Crippen LogP contribution in [0.1, 0.15) is 21.9 Å². The number of carbonyl (C=O) groups is 1. The van der Waals surface area contributed by atoms with Gasteiger partial charge in [-0.15, -0.1) is 0 Å². The molecule has 34 heavy (non-hydrogen) atoms. The number of aromatic nitrogens is 6. The van der Waals surface area contributed by atoms with Crippen LogP contribution in [0, 0.1) is 6.92 Å². The summed E-state index contributed by atoms with van der Waals surface area (Å²) in [5.74, 6) is 0.852. The van der Waals surface area contributed by atoms with Gasteiger partial charge in [0.25, 0.3) is 0 Å². The van der Waals surface area contributed by atoms with Crippen molar-refractivity contribution in [3.8, 4) is 16.8 Å². The Morgan fingerprint density at radius 1 is 1.03 bits per heavy atom. The van der Waals surface area contributed by atoms with Gasteiger partial charge in [0.2, 0.25) is 5.78 Å². The second kappa shape index (κ2) is 7.57. The number of carbonyl (C=O) groups excluding carboxylic acids is 1. The molecule has 0 atom stereocenters. The summed E-state index contributed by atoms with van der Waals surface area (Å²) in [6.07, 6.45) is 4.86. The summed E-state index contributed by atoms with van der Waals surface area (Å²) in [7, 11) is 0. The van der Waals surface area contributed by atoms with Crippen molar-refractivity contribution in [2.24, 2.45) is 0 Å². The van der Waals surface area contributed by atoms with Crippen molar-refractivity contribution in [2.75, 3.05) is 5.73 Å². The maximum atomic E-state index is 13.3. The van der Waals surface area contributed by atoms with Gasteiger partial charge in [-0.25, -0.2) is 9.67 Å². The quantitative estimate of drug-likeness (QED) is 0.313. The fourth-order valence-corrected chi connectivity index (χ4v) is 4.36. The molecule has 4 N–H and O–H groups in total. The van der Waals surface area contributed by atoms with E-state index in [0.29, 0.717) is 16.3 Å². The third-order valence-electron chi connectivity index (χ3n) is 5.83. The first-order chi connectivity index (χ1) is 16.5. The van der Waals surface area contributed by atoms with Crippen LogP contribution in [-0.4, -0.2) is 35.5 Å². The second-order valence-corrected chi connectivity index (χ2v) is 8.46. The molecule has 6 aromatic rings. The molecule has 2 aromatic carbocycles. The fraction of sp³-hybridized carbons (Fsp3) is 0.0400. The van der Waals surface area contributed by atoms with Crippen molar-refractivity contribution in [3.63, 3.8) is 0 Å². The summed E-state index contributed by atoms with van der Waals surface area (Å²) in [6, 6.07) is 15.1. The Hall–Kier alpha value is -4.43. The molecule has 6 rings (SSSR count). The van der Waals surface area contributed by atoms with Crippen molar-refractivity contribution in [2.45, 2.75) is 6.92 Å². The van der Waals surface area contributed by atoms with Gasteiger partial charge in [0.1, 0.15) is 11.6 Å². The van der Waals surface area contributed by atoms with E-state index in [9.17, 15) is 4.79 Å². The summed E-state index contributed by atoms with van der Waals surface area (Å²) in [6.45, 7) is 1.90. The van der Waals surface area contributed by atoms with Gasteiger partial charge in [-0.05, 0) is 48.9 Å². The Balaban J connectivity index is 1.36. The smallest absolute Gasteiger partial charge is 0.214 e. The number of imidazole rings is 1. The average molecular weight is 468 g/mol. The van der Waals surface area contributed by atoms with Gasteiger partial charge in [0, 0.05) is 28.9 Å². The molecular formula is C25H18ClN7O. The minimum atomic E-state index is -0.237. The van der Waals surface area contributed by atoms with E-state index in [1.165, 1.54) is 6.20 Å². The van der Waals surface area contributed by atoms with Gasteiger partial charge in [-0.1, -0.05) is 23.7 Å². The molecule has 0 amide bonds. The van der Waals surface area contributed by atoms with Crippen molar-refractivity contribution >= 4 is 45.1 Å². The van der Waals surface area contributed by atoms with Crippen molar-refractivity contribution < 1.29 is 4.79 Å². The van der Waals surface area contributed by atoms with Crippen LogP contribution >= 0.6 is 11.6 Å². The molecule has 0 aliphatic heterocycles. The number of rotatable bonds is 4. The number of hydrogen-bond acceptors (Lipinski definition) is 5. The largest absolute Gasteiger partial charge is 0.383 e. The van der Waals surface area contributed by atoms with Crippen LogP contribution in [0.15, 0.2) is 67.1 Å². The van der Waals surface area contributed by atoms with Gasteiger partial charge in [-0.2, -0.15) is 5.10 Å². The van der Waals surface area contributed by atoms with E-state index >= 15 is 0 Å². The van der Waals surface area contributed by atoms with Crippen LogP contribution in [-0.2, 0) is 0 Å². The van der Waals surface area contributed by atoms with Crippen LogP contribution in [0.5, 0.6) is 0 Å². The standard InChI is InChI=1S/C25H18ClN7O/c1-13-30-20-5-4-16(10-22(20)31-13)33-25(27)18(12-29-33)24(34)23-9-15-3-2-14(8-21(15)32-23)17-11-28-7-6-19(17)26/h2-12,32H,27H2,1H3,(H,30,31). The number of aromatic amines is 2. The number of pyridine rings is 1. The number of benzene rings is 2. The SMILES string of the molecule is Cc1nc2ccc(-n3ncc(C(=O)c4cc5ccc(-c6cnccc6Cl)cc5[nH]4)c3N)cc2[nH]1. The monoisotopic (exact) mass is 467 g/mol. The van der Waals surface area contributed by atoms with Crippen molar-refractivity contribution in [1.29, 1.82) is 0 Å². The minimum absolute atomic E-state index is 0.237. The molecule has 0 radical (unpaired) electrons. The lowest BCUT2D eigenvalue weighted by molar-refractivity contribution is 0.103. The van der Waals surface area contributed by atoms with Gasteiger partial charge in [0.05, 0.1) is 39.2 Å². The number of nitrogens with one attached hydrogen (secondary N) is 2. The maximum absolute atomic E-state index is 13.3. The highest BCUT2D eigenvalue weighted by atomic mass is 35.5. The summed E-state index contributed by atoms with van der Waals surface area (Å²) in [4.78, 5) is 28.3. The molecule has 0 saturated heterocycles. The number of aryl methyl sites for hydroxylation is 1. The molecule has 0 fully saturated rings. The second-order valence-electron chi connectivity index (χ2n) is 8.05. The molecule has 0 bridgehead atoms. The predicted molar refractivity (Wildman–Crippen MR) is 132 cm³/mol. The summed E-state index contributed by atoms with van der Waals surface area (Å²) < 4.78 is 1.55. The lowest BCUT2D eigenvalue weighted by Gasteiger charge is -2.05. The van der Waals surface area contributed by atoms with Crippen LogP contribution < -0.4 is 5.73 Å². The lowest BCUT2D eigenvalue weighted by atomic mass is 10.1. The van der Waals surface area contributed by atoms with E-state index in [-0.39, 0.29) is 11.6 Å². The molecular weight excluding hydrogens is 450 g/mol. The molecule has 0 unspecified atom stereocenters. The van der Waals surface area contributed by atoms with E-state index in [2.05, 4.69) is 25.0 Å². The first-order valence-corrected chi connectivity index (χ1v) is 10.9. The predicted octanol–water partition coefficient (Wildman–Crippen LogP) is 5.07. The van der Waals surface area contributed by atoms with E-state index < -0.39 is 0 Å². The number of H-pyrrole nitrogens is 2.